The minimum Gasteiger partial charge on any atom is -0.497 e. The normalized spacial score (nSPS) is 10.3. The van der Waals surface area contributed by atoms with E-state index in [0.717, 1.165) is 16.2 Å². The third-order valence-corrected chi connectivity index (χ3v) is 5.04. The standard InChI is InChI=1S/C20H25NO5S/c1-21(18(22)13-27-16-9-7-15(23-2)8-10-16)12-14-6-11-17(24-3)20(26-5)19(14)25-4/h6-11H,12-13H2,1-5H3. The number of carbonyl (C=O) groups is 1. The van der Waals surface area contributed by atoms with Crippen LogP contribution in [0.2, 0.25) is 0 Å². The second kappa shape index (κ2) is 9.97. The Morgan fingerprint density at radius 1 is 0.889 bits per heavy atom. The molecule has 0 spiro atoms. The van der Waals surface area contributed by atoms with Crippen molar-refractivity contribution >= 4 is 17.7 Å². The van der Waals surface area contributed by atoms with Crippen LogP contribution in [0.5, 0.6) is 23.0 Å². The molecule has 0 aromatic heterocycles. The van der Waals surface area contributed by atoms with Gasteiger partial charge in [0.15, 0.2) is 11.5 Å². The molecule has 0 aliphatic rings. The lowest BCUT2D eigenvalue weighted by atomic mass is 10.1. The number of ether oxygens (including phenoxy) is 4. The Morgan fingerprint density at radius 3 is 2.11 bits per heavy atom. The molecule has 146 valence electrons. The van der Waals surface area contributed by atoms with Crippen LogP contribution in [-0.4, -0.2) is 52.0 Å². The van der Waals surface area contributed by atoms with E-state index in [4.69, 9.17) is 18.9 Å². The third-order valence-electron chi connectivity index (χ3n) is 4.04. The Morgan fingerprint density at radius 2 is 1.56 bits per heavy atom. The second-order valence-corrected chi connectivity index (χ2v) is 6.76. The van der Waals surface area contributed by atoms with Gasteiger partial charge in [-0.1, -0.05) is 0 Å². The van der Waals surface area contributed by atoms with Crippen molar-refractivity contribution in [2.75, 3.05) is 41.2 Å². The van der Waals surface area contributed by atoms with Crippen LogP contribution >= 0.6 is 11.8 Å². The van der Waals surface area contributed by atoms with Crippen LogP contribution in [0.1, 0.15) is 5.56 Å². The molecule has 2 aromatic carbocycles. The summed E-state index contributed by atoms with van der Waals surface area (Å²) >= 11 is 1.49. The molecular formula is C20H25NO5S. The first-order valence-electron chi connectivity index (χ1n) is 8.32. The zero-order chi connectivity index (χ0) is 19.8. The first-order valence-corrected chi connectivity index (χ1v) is 9.31. The molecule has 0 saturated heterocycles. The van der Waals surface area contributed by atoms with Crippen LogP contribution in [0.4, 0.5) is 0 Å². The molecule has 0 N–H and O–H groups in total. The van der Waals surface area contributed by atoms with Gasteiger partial charge in [0, 0.05) is 24.1 Å². The number of nitrogens with zero attached hydrogens (tertiary/aromatic N) is 1. The smallest absolute Gasteiger partial charge is 0.232 e. The third kappa shape index (κ3) is 5.23. The zero-order valence-corrected chi connectivity index (χ0v) is 17.1. The summed E-state index contributed by atoms with van der Waals surface area (Å²) in [5, 5.41) is 0. The van der Waals surface area contributed by atoms with Gasteiger partial charge in [-0.25, -0.2) is 0 Å². The van der Waals surface area contributed by atoms with E-state index in [2.05, 4.69) is 0 Å². The molecule has 0 aliphatic carbocycles. The van der Waals surface area contributed by atoms with E-state index < -0.39 is 0 Å². The van der Waals surface area contributed by atoms with Crippen LogP contribution in [0.3, 0.4) is 0 Å². The van der Waals surface area contributed by atoms with Crippen molar-refractivity contribution in [3.63, 3.8) is 0 Å². The molecule has 0 bridgehead atoms. The fourth-order valence-corrected chi connectivity index (χ4v) is 3.40. The molecule has 0 aliphatic heterocycles. The number of hydrogen-bond acceptors (Lipinski definition) is 6. The molecule has 1 amide bonds. The first-order chi connectivity index (χ1) is 13.0. The number of thioether (sulfide) groups is 1. The summed E-state index contributed by atoms with van der Waals surface area (Å²) in [6, 6.07) is 11.3. The van der Waals surface area contributed by atoms with Crippen molar-refractivity contribution in [3.05, 3.63) is 42.0 Å². The van der Waals surface area contributed by atoms with Gasteiger partial charge in [-0.2, -0.15) is 0 Å². The van der Waals surface area contributed by atoms with Gasteiger partial charge in [0.1, 0.15) is 5.75 Å². The number of hydrogen-bond donors (Lipinski definition) is 0. The lowest BCUT2D eigenvalue weighted by Gasteiger charge is -2.21. The van der Waals surface area contributed by atoms with Gasteiger partial charge in [-0.05, 0) is 36.4 Å². The highest BCUT2D eigenvalue weighted by Gasteiger charge is 2.18. The van der Waals surface area contributed by atoms with E-state index in [1.54, 1.807) is 46.5 Å². The van der Waals surface area contributed by atoms with E-state index in [1.807, 2.05) is 30.3 Å². The fourth-order valence-electron chi connectivity index (χ4n) is 2.56. The topological polar surface area (TPSA) is 57.2 Å². The van der Waals surface area contributed by atoms with Crippen molar-refractivity contribution in [1.82, 2.24) is 4.90 Å². The van der Waals surface area contributed by atoms with Crippen molar-refractivity contribution in [1.29, 1.82) is 0 Å². The molecule has 0 unspecified atom stereocenters. The highest BCUT2D eigenvalue weighted by molar-refractivity contribution is 8.00. The molecule has 0 heterocycles. The Balaban J connectivity index is 2.03. The predicted molar refractivity (Wildman–Crippen MR) is 106 cm³/mol. The van der Waals surface area contributed by atoms with E-state index in [9.17, 15) is 4.79 Å². The maximum absolute atomic E-state index is 12.5. The summed E-state index contributed by atoms with van der Waals surface area (Å²) in [6.45, 7) is 0.408. The summed E-state index contributed by atoms with van der Waals surface area (Å²) in [7, 11) is 8.10. The van der Waals surface area contributed by atoms with Crippen LogP contribution in [-0.2, 0) is 11.3 Å². The van der Waals surface area contributed by atoms with Crippen LogP contribution in [0.25, 0.3) is 0 Å². The number of carbonyl (C=O) groups excluding carboxylic acids is 1. The van der Waals surface area contributed by atoms with Gasteiger partial charge in [-0.3, -0.25) is 4.79 Å². The summed E-state index contributed by atoms with van der Waals surface area (Å²) in [5.41, 5.74) is 0.848. The number of rotatable bonds is 9. The lowest BCUT2D eigenvalue weighted by molar-refractivity contribution is -0.127. The largest absolute Gasteiger partial charge is 0.497 e. The minimum absolute atomic E-state index is 0.0210. The quantitative estimate of drug-likeness (QED) is 0.610. The molecule has 0 fully saturated rings. The molecule has 27 heavy (non-hydrogen) atoms. The minimum atomic E-state index is 0.0210. The van der Waals surface area contributed by atoms with Gasteiger partial charge < -0.3 is 23.8 Å². The number of amides is 1. The average molecular weight is 391 g/mol. The Bertz CT molecular complexity index is 764. The zero-order valence-electron chi connectivity index (χ0n) is 16.3. The summed E-state index contributed by atoms with van der Waals surface area (Å²) in [5.74, 6) is 2.83. The van der Waals surface area contributed by atoms with Gasteiger partial charge in [0.05, 0.1) is 34.2 Å². The highest BCUT2D eigenvalue weighted by Crippen LogP contribution is 2.40. The predicted octanol–water partition coefficient (Wildman–Crippen LogP) is 3.47. The lowest BCUT2D eigenvalue weighted by Crippen LogP contribution is -2.28. The SMILES string of the molecule is COc1ccc(SCC(=O)N(C)Cc2ccc(OC)c(OC)c2OC)cc1. The fraction of sp³-hybridized carbons (Fsp3) is 0.350. The maximum atomic E-state index is 12.5. The van der Waals surface area contributed by atoms with Gasteiger partial charge in [0.25, 0.3) is 0 Å². The van der Waals surface area contributed by atoms with Crippen LogP contribution in [0.15, 0.2) is 41.3 Å². The molecule has 0 radical (unpaired) electrons. The Labute approximate surface area is 164 Å². The first kappa shape index (κ1) is 20.8. The van der Waals surface area contributed by atoms with E-state index in [1.165, 1.54) is 11.8 Å². The number of methoxy groups -OCH3 is 4. The molecule has 6 nitrogen and oxygen atoms in total. The van der Waals surface area contributed by atoms with Crippen LogP contribution < -0.4 is 18.9 Å². The molecule has 0 atom stereocenters. The van der Waals surface area contributed by atoms with Crippen LogP contribution in [0, 0.1) is 0 Å². The molecule has 7 heteroatoms. The summed E-state index contributed by atoms with van der Waals surface area (Å²) < 4.78 is 21.3. The monoisotopic (exact) mass is 391 g/mol. The highest BCUT2D eigenvalue weighted by atomic mass is 32.2. The maximum Gasteiger partial charge on any atom is 0.232 e. The molecule has 2 rings (SSSR count). The van der Waals surface area contributed by atoms with E-state index >= 15 is 0 Å². The van der Waals surface area contributed by atoms with Gasteiger partial charge in [0.2, 0.25) is 11.7 Å². The van der Waals surface area contributed by atoms with Gasteiger partial charge in [-0.15, -0.1) is 11.8 Å². The summed E-state index contributed by atoms with van der Waals surface area (Å²) in [4.78, 5) is 15.2. The van der Waals surface area contributed by atoms with Crippen molar-refractivity contribution in [2.24, 2.45) is 0 Å². The van der Waals surface area contributed by atoms with E-state index in [-0.39, 0.29) is 5.91 Å². The molecule has 2 aromatic rings. The number of benzene rings is 2. The average Bonchev–Trinajstić information content (AvgIpc) is 2.71. The van der Waals surface area contributed by atoms with E-state index in [0.29, 0.717) is 29.5 Å². The molecule has 0 saturated carbocycles. The van der Waals surface area contributed by atoms with Gasteiger partial charge >= 0.3 is 0 Å². The van der Waals surface area contributed by atoms with Crippen molar-refractivity contribution in [3.8, 4) is 23.0 Å². The van der Waals surface area contributed by atoms with Crippen molar-refractivity contribution < 1.29 is 23.7 Å². The Hall–Kier alpha value is -2.54. The molecular weight excluding hydrogens is 366 g/mol. The Kier molecular flexibility index (Phi) is 7.67. The second-order valence-electron chi connectivity index (χ2n) is 5.71. The van der Waals surface area contributed by atoms with Crippen molar-refractivity contribution in [2.45, 2.75) is 11.4 Å². The summed E-state index contributed by atoms with van der Waals surface area (Å²) in [6.07, 6.45) is 0.